The maximum absolute atomic E-state index is 10.4. The van der Waals surface area contributed by atoms with Gasteiger partial charge in [0.25, 0.3) is 0 Å². The Morgan fingerprint density at radius 2 is 1.91 bits per heavy atom. The first kappa shape index (κ1) is 10.4. The smallest absolute Gasteiger partial charge is 0.307 e. The molecule has 3 N–H and O–H groups in total. The summed E-state index contributed by atoms with van der Waals surface area (Å²) in [6.45, 7) is 5.72. The lowest BCUT2D eigenvalue weighted by Crippen LogP contribution is -2.34. The second-order valence-corrected chi connectivity index (χ2v) is 3.42. The number of nitrogens with two attached hydrogens (primary N) is 1. The number of aliphatic carboxylic acids is 1. The molecule has 0 radical (unpaired) electrons. The van der Waals surface area contributed by atoms with Gasteiger partial charge in [0.1, 0.15) is 0 Å². The molecule has 0 fully saturated rings. The summed E-state index contributed by atoms with van der Waals surface area (Å²) in [6.07, 6.45) is 0.771. The first-order chi connectivity index (χ1) is 4.95. The molecule has 0 saturated carbocycles. The molecular formula is C8H17NO2. The van der Waals surface area contributed by atoms with Gasteiger partial charge in [0.15, 0.2) is 0 Å². The molecule has 3 heteroatoms. The van der Waals surface area contributed by atoms with Crippen molar-refractivity contribution >= 4 is 5.97 Å². The van der Waals surface area contributed by atoms with Crippen LogP contribution in [-0.2, 0) is 4.79 Å². The SMILES string of the molecule is CC(C)C[C@H](N)C(C)C(=O)O. The van der Waals surface area contributed by atoms with Gasteiger partial charge in [-0.1, -0.05) is 20.8 Å². The van der Waals surface area contributed by atoms with Crippen LogP contribution in [0.5, 0.6) is 0 Å². The Morgan fingerprint density at radius 1 is 1.45 bits per heavy atom. The first-order valence-corrected chi connectivity index (χ1v) is 3.93. The van der Waals surface area contributed by atoms with Crippen molar-refractivity contribution in [2.24, 2.45) is 17.6 Å². The van der Waals surface area contributed by atoms with E-state index in [0.717, 1.165) is 6.42 Å². The summed E-state index contributed by atoms with van der Waals surface area (Å²) < 4.78 is 0. The van der Waals surface area contributed by atoms with Crippen LogP contribution in [0.2, 0.25) is 0 Å². The van der Waals surface area contributed by atoms with Gasteiger partial charge in [-0.3, -0.25) is 4.79 Å². The fraction of sp³-hybridized carbons (Fsp3) is 0.875. The fourth-order valence-corrected chi connectivity index (χ4v) is 0.932. The van der Waals surface area contributed by atoms with Crippen LogP contribution >= 0.6 is 0 Å². The Balaban J connectivity index is 3.82. The molecule has 0 heterocycles. The minimum absolute atomic E-state index is 0.215. The quantitative estimate of drug-likeness (QED) is 0.645. The number of rotatable bonds is 4. The van der Waals surface area contributed by atoms with E-state index in [1.54, 1.807) is 6.92 Å². The van der Waals surface area contributed by atoms with Crippen molar-refractivity contribution in [3.05, 3.63) is 0 Å². The zero-order valence-electron chi connectivity index (χ0n) is 7.37. The minimum Gasteiger partial charge on any atom is -0.481 e. The molecule has 0 aromatic heterocycles. The summed E-state index contributed by atoms with van der Waals surface area (Å²) in [5, 5.41) is 8.59. The van der Waals surface area contributed by atoms with Gasteiger partial charge in [-0.05, 0) is 12.3 Å². The predicted molar refractivity (Wildman–Crippen MR) is 44.2 cm³/mol. The predicted octanol–water partition coefficient (Wildman–Crippen LogP) is 1.08. The zero-order chi connectivity index (χ0) is 9.02. The summed E-state index contributed by atoms with van der Waals surface area (Å²) in [6, 6.07) is -0.215. The molecule has 0 aliphatic carbocycles. The van der Waals surface area contributed by atoms with Crippen molar-refractivity contribution < 1.29 is 9.90 Å². The van der Waals surface area contributed by atoms with Crippen molar-refractivity contribution in [1.29, 1.82) is 0 Å². The van der Waals surface area contributed by atoms with E-state index >= 15 is 0 Å². The van der Waals surface area contributed by atoms with Gasteiger partial charge < -0.3 is 10.8 Å². The monoisotopic (exact) mass is 159 g/mol. The van der Waals surface area contributed by atoms with Gasteiger partial charge in [0.05, 0.1) is 5.92 Å². The van der Waals surface area contributed by atoms with E-state index in [1.807, 2.05) is 13.8 Å². The van der Waals surface area contributed by atoms with E-state index in [2.05, 4.69) is 0 Å². The molecule has 0 rings (SSSR count). The van der Waals surface area contributed by atoms with Crippen molar-refractivity contribution in [2.45, 2.75) is 33.2 Å². The lowest BCUT2D eigenvalue weighted by Gasteiger charge is -2.17. The van der Waals surface area contributed by atoms with E-state index < -0.39 is 11.9 Å². The highest BCUT2D eigenvalue weighted by Crippen LogP contribution is 2.10. The van der Waals surface area contributed by atoms with E-state index in [1.165, 1.54) is 0 Å². The van der Waals surface area contributed by atoms with Crippen LogP contribution in [0.1, 0.15) is 27.2 Å². The molecule has 66 valence electrons. The topological polar surface area (TPSA) is 63.3 Å². The fourth-order valence-electron chi connectivity index (χ4n) is 0.932. The van der Waals surface area contributed by atoms with Crippen LogP contribution in [0, 0.1) is 11.8 Å². The molecular weight excluding hydrogens is 142 g/mol. The summed E-state index contributed by atoms with van der Waals surface area (Å²) >= 11 is 0. The highest BCUT2D eigenvalue weighted by Gasteiger charge is 2.20. The van der Waals surface area contributed by atoms with E-state index in [9.17, 15) is 4.79 Å². The lowest BCUT2D eigenvalue weighted by molar-refractivity contribution is -0.141. The number of carboxylic acids is 1. The van der Waals surface area contributed by atoms with E-state index in [4.69, 9.17) is 10.8 Å². The van der Waals surface area contributed by atoms with Gasteiger partial charge in [0, 0.05) is 6.04 Å². The standard InChI is InChI=1S/C8H17NO2/c1-5(2)4-7(9)6(3)8(10)11/h5-7H,4,9H2,1-3H3,(H,10,11)/t6?,7-/m0/s1. The Kier molecular flexibility index (Phi) is 4.11. The van der Waals surface area contributed by atoms with Crippen LogP contribution < -0.4 is 5.73 Å². The summed E-state index contributed by atoms with van der Waals surface area (Å²) in [5.74, 6) is -0.776. The second kappa shape index (κ2) is 4.34. The Bertz CT molecular complexity index is 134. The first-order valence-electron chi connectivity index (χ1n) is 3.93. The Hall–Kier alpha value is -0.570. The third-order valence-corrected chi connectivity index (χ3v) is 1.78. The molecule has 0 saturated heterocycles. The van der Waals surface area contributed by atoms with Gasteiger partial charge >= 0.3 is 5.97 Å². The molecule has 0 spiro atoms. The summed E-state index contributed by atoms with van der Waals surface area (Å²) in [7, 11) is 0. The number of carboxylic acid groups (broad SMARTS) is 1. The van der Waals surface area contributed by atoms with E-state index in [0.29, 0.717) is 5.92 Å². The molecule has 1 unspecified atom stereocenters. The zero-order valence-corrected chi connectivity index (χ0v) is 7.37. The molecule has 0 aliphatic heterocycles. The van der Waals surface area contributed by atoms with Crippen LogP contribution in [0.4, 0.5) is 0 Å². The van der Waals surface area contributed by atoms with Gasteiger partial charge in [-0.25, -0.2) is 0 Å². The van der Waals surface area contributed by atoms with Gasteiger partial charge in [0.2, 0.25) is 0 Å². The molecule has 3 nitrogen and oxygen atoms in total. The van der Waals surface area contributed by atoms with Crippen LogP contribution in [0.25, 0.3) is 0 Å². The van der Waals surface area contributed by atoms with Crippen LogP contribution in [0.15, 0.2) is 0 Å². The number of hydrogen-bond donors (Lipinski definition) is 2. The average molecular weight is 159 g/mol. The third kappa shape index (κ3) is 3.98. The molecule has 2 atom stereocenters. The lowest BCUT2D eigenvalue weighted by atomic mass is 9.94. The minimum atomic E-state index is -0.807. The second-order valence-electron chi connectivity index (χ2n) is 3.42. The number of carbonyl (C=O) groups is 1. The molecule has 11 heavy (non-hydrogen) atoms. The average Bonchev–Trinajstić information content (AvgIpc) is 1.84. The Morgan fingerprint density at radius 3 is 2.18 bits per heavy atom. The summed E-state index contributed by atoms with van der Waals surface area (Å²) in [5.41, 5.74) is 5.64. The molecule has 0 amide bonds. The van der Waals surface area contributed by atoms with Gasteiger partial charge in [-0.2, -0.15) is 0 Å². The van der Waals surface area contributed by atoms with Gasteiger partial charge in [-0.15, -0.1) is 0 Å². The Labute approximate surface area is 67.6 Å². The summed E-state index contributed by atoms with van der Waals surface area (Å²) in [4.78, 5) is 10.4. The molecule has 0 aromatic carbocycles. The molecule has 0 aliphatic rings. The molecule has 0 aromatic rings. The van der Waals surface area contributed by atoms with E-state index in [-0.39, 0.29) is 6.04 Å². The van der Waals surface area contributed by atoms with Crippen LogP contribution in [-0.4, -0.2) is 17.1 Å². The third-order valence-electron chi connectivity index (χ3n) is 1.78. The largest absolute Gasteiger partial charge is 0.481 e. The highest BCUT2D eigenvalue weighted by molar-refractivity contribution is 5.70. The maximum atomic E-state index is 10.4. The normalized spacial score (nSPS) is 16.5. The van der Waals surface area contributed by atoms with Crippen LogP contribution in [0.3, 0.4) is 0 Å². The molecule has 0 bridgehead atoms. The highest BCUT2D eigenvalue weighted by atomic mass is 16.4. The van der Waals surface area contributed by atoms with Crippen molar-refractivity contribution in [3.63, 3.8) is 0 Å². The maximum Gasteiger partial charge on any atom is 0.307 e. The van der Waals surface area contributed by atoms with Crippen molar-refractivity contribution in [2.75, 3.05) is 0 Å². The van der Waals surface area contributed by atoms with Crippen molar-refractivity contribution in [1.82, 2.24) is 0 Å². The van der Waals surface area contributed by atoms with Crippen molar-refractivity contribution in [3.8, 4) is 0 Å². The number of hydrogen-bond acceptors (Lipinski definition) is 2.